The Labute approximate surface area is 119 Å². The largest absolute Gasteiger partial charge is 0.315 e. The van der Waals surface area contributed by atoms with Crippen LogP contribution in [0, 0.1) is 0 Å². The quantitative estimate of drug-likeness (QED) is 0.770. The Kier molecular flexibility index (Phi) is 5.57. The molecule has 2 N–H and O–H groups in total. The molecular formula is C17H30N2. The Bertz CT molecular complexity index is 371. The van der Waals surface area contributed by atoms with Gasteiger partial charge in [0.2, 0.25) is 0 Å². The van der Waals surface area contributed by atoms with Crippen molar-refractivity contribution in [1.29, 1.82) is 0 Å². The molecule has 0 bridgehead atoms. The van der Waals surface area contributed by atoms with E-state index in [0.29, 0.717) is 0 Å². The fourth-order valence-electron chi connectivity index (χ4n) is 1.89. The van der Waals surface area contributed by atoms with Crippen LogP contribution in [-0.4, -0.2) is 25.7 Å². The molecule has 0 heterocycles. The first kappa shape index (κ1) is 16.2. The summed E-state index contributed by atoms with van der Waals surface area (Å²) in [5, 5.41) is 6.81. The van der Waals surface area contributed by atoms with Crippen molar-refractivity contribution in [2.24, 2.45) is 0 Å². The molecule has 2 heteroatoms. The second kappa shape index (κ2) is 6.53. The maximum absolute atomic E-state index is 3.51. The summed E-state index contributed by atoms with van der Waals surface area (Å²) in [6.07, 6.45) is 1.09. The second-order valence-electron chi connectivity index (χ2n) is 7.01. The lowest BCUT2D eigenvalue weighted by atomic mass is 9.86. The lowest BCUT2D eigenvalue weighted by Gasteiger charge is -2.24. The highest BCUT2D eigenvalue weighted by Crippen LogP contribution is 2.22. The van der Waals surface area contributed by atoms with E-state index in [2.05, 4.69) is 69.5 Å². The van der Waals surface area contributed by atoms with Crippen molar-refractivity contribution in [1.82, 2.24) is 10.6 Å². The van der Waals surface area contributed by atoms with Crippen LogP contribution in [0.25, 0.3) is 0 Å². The van der Waals surface area contributed by atoms with E-state index < -0.39 is 0 Å². The van der Waals surface area contributed by atoms with Crippen LogP contribution >= 0.6 is 0 Å². The summed E-state index contributed by atoms with van der Waals surface area (Å²) >= 11 is 0. The fourth-order valence-corrected chi connectivity index (χ4v) is 1.89. The van der Waals surface area contributed by atoms with Gasteiger partial charge in [-0.1, -0.05) is 45.0 Å². The minimum atomic E-state index is 0.163. The molecule has 0 aliphatic heterocycles. The van der Waals surface area contributed by atoms with Crippen molar-refractivity contribution in [3.05, 3.63) is 35.4 Å². The second-order valence-corrected chi connectivity index (χ2v) is 7.01. The molecule has 0 fully saturated rings. The molecule has 0 atom stereocenters. The Morgan fingerprint density at radius 3 is 2.00 bits per heavy atom. The molecule has 0 spiro atoms. The van der Waals surface area contributed by atoms with Crippen molar-refractivity contribution in [3.8, 4) is 0 Å². The van der Waals surface area contributed by atoms with Crippen LogP contribution in [0.3, 0.4) is 0 Å². The summed E-state index contributed by atoms with van der Waals surface area (Å²) in [5.41, 5.74) is 3.22. The van der Waals surface area contributed by atoms with Crippen LogP contribution in [0.5, 0.6) is 0 Å². The van der Waals surface area contributed by atoms with Crippen molar-refractivity contribution >= 4 is 0 Å². The minimum Gasteiger partial charge on any atom is -0.315 e. The molecule has 1 rings (SSSR count). The van der Waals surface area contributed by atoms with Crippen LogP contribution < -0.4 is 10.6 Å². The van der Waals surface area contributed by atoms with Gasteiger partial charge in [0.1, 0.15) is 0 Å². The van der Waals surface area contributed by atoms with Gasteiger partial charge in [0.15, 0.2) is 0 Å². The molecule has 2 nitrogen and oxygen atoms in total. The summed E-state index contributed by atoms with van der Waals surface area (Å²) < 4.78 is 0. The predicted octanol–water partition coefficient (Wildman–Crippen LogP) is 3.11. The van der Waals surface area contributed by atoms with E-state index in [1.165, 1.54) is 11.1 Å². The first-order chi connectivity index (χ1) is 8.74. The highest BCUT2D eigenvalue weighted by molar-refractivity contribution is 5.27. The molecule has 1 aromatic rings. The van der Waals surface area contributed by atoms with Crippen molar-refractivity contribution in [2.75, 3.05) is 20.1 Å². The third-order valence-corrected chi connectivity index (χ3v) is 3.65. The monoisotopic (exact) mass is 262 g/mol. The van der Waals surface area contributed by atoms with Crippen molar-refractivity contribution < 1.29 is 0 Å². The summed E-state index contributed by atoms with van der Waals surface area (Å²) in [6, 6.07) is 9.02. The highest BCUT2D eigenvalue weighted by Gasteiger charge is 2.14. The molecular weight excluding hydrogens is 232 g/mol. The van der Waals surface area contributed by atoms with Crippen molar-refractivity contribution in [2.45, 2.75) is 52.0 Å². The topological polar surface area (TPSA) is 24.1 Å². The van der Waals surface area contributed by atoms with Crippen LogP contribution in [0.4, 0.5) is 0 Å². The van der Waals surface area contributed by atoms with E-state index in [4.69, 9.17) is 0 Å². The number of hydrogen-bond acceptors (Lipinski definition) is 2. The molecule has 0 saturated heterocycles. The number of nitrogens with one attached hydrogen (secondary N) is 2. The number of rotatable bonds is 6. The van der Waals surface area contributed by atoms with E-state index in [1.807, 2.05) is 7.05 Å². The highest BCUT2D eigenvalue weighted by atomic mass is 15.0. The van der Waals surface area contributed by atoms with Gasteiger partial charge in [-0.05, 0) is 50.4 Å². The number of hydrogen-bond donors (Lipinski definition) is 2. The SMILES string of the molecule is CNC(C)(C)CNCCc1ccc(C(C)(C)C)cc1. The lowest BCUT2D eigenvalue weighted by Crippen LogP contribution is -2.46. The van der Waals surface area contributed by atoms with Gasteiger partial charge in [-0.3, -0.25) is 0 Å². The Hall–Kier alpha value is -0.860. The van der Waals surface area contributed by atoms with Gasteiger partial charge in [0.25, 0.3) is 0 Å². The average molecular weight is 262 g/mol. The zero-order chi connectivity index (χ0) is 14.5. The number of benzene rings is 1. The van der Waals surface area contributed by atoms with Gasteiger partial charge in [0, 0.05) is 12.1 Å². The first-order valence-electron chi connectivity index (χ1n) is 7.24. The smallest absolute Gasteiger partial charge is 0.0246 e. The molecule has 0 aromatic heterocycles. The molecule has 0 amide bonds. The Morgan fingerprint density at radius 1 is 0.947 bits per heavy atom. The third-order valence-electron chi connectivity index (χ3n) is 3.65. The Balaban J connectivity index is 2.39. The molecule has 0 unspecified atom stereocenters. The van der Waals surface area contributed by atoms with Crippen LogP contribution in [0.2, 0.25) is 0 Å². The predicted molar refractivity (Wildman–Crippen MR) is 84.9 cm³/mol. The molecule has 0 aliphatic carbocycles. The third kappa shape index (κ3) is 5.75. The van der Waals surface area contributed by atoms with Gasteiger partial charge in [0.05, 0.1) is 0 Å². The minimum absolute atomic E-state index is 0.163. The Morgan fingerprint density at radius 2 is 1.53 bits per heavy atom. The van der Waals surface area contributed by atoms with E-state index in [0.717, 1.165) is 19.5 Å². The van der Waals surface area contributed by atoms with Gasteiger partial charge in [-0.2, -0.15) is 0 Å². The van der Waals surface area contributed by atoms with Crippen LogP contribution in [0.15, 0.2) is 24.3 Å². The van der Waals surface area contributed by atoms with E-state index in [9.17, 15) is 0 Å². The van der Waals surface area contributed by atoms with E-state index >= 15 is 0 Å². The van der Waals surface area contributed by atoms with Gasteiger partial charge < -0.3 is 10.6 Å². The van der Waals surface area contributed by atoms with E-state index in [-0.39, 0.29) is 11.0 Å². The zero-order valence-electron chi connectivity index (χ0n) is 13.4. The standard InChI is InChI=1S/C17H30N2/c1-16(2,3)15-9-7-14(8-10-15)11-12-19-13-17(4,5)18-6/h7-10,18-19H,11-13H2,1-6H3. The molecule has 19 heavy (non-hydrogen) atoms. The zero-order valence-corrected chi connectivity index (χ0v) is 13.4. The van der Waals surface area contributed by atoms with Crippen LogP contribution in [-0.2, 0) is 11.8 Å². The molecule has 0 aliphatic rings. The molecule has 0 saturated carbocycles. The summed E-state index contributed by atoms with van der Waals surface area (Å²) in [6.45, 7) is 13.2. The summed E-state index contributed by atoms with van der Waals surface area (Å²) in [4.78, 5) is 0. The molecule has 1 aromatic carbocycles. The maximum atomic E-state index is 3.51. The van der Waals surface area contributed by atoms with Crippen molar-refractivity contribution in [3.63, 3.8) is 0 Å². The fraction of sp³-hybridized carbons (Fsp3) is 0.647. The summed E-state index contributed by atoms with van der Waals surface area (Å²) in [5.74, 6) is 0. The normalized spacial score (nSPS) is 12.7. The molecule has 0 radical (unpaired) electrons. The lowest BCUT2D eigenvalue weighted by molar-refractivity contribution is 0.395. The maximum Gasteiger partial charge on any atom is 0.0246 e. The first-order valence-corrected chi connectivity index (χ1v) is 7.24. The van der Waals surface area contributed by atoms with Gasteiger partial charge in [-0.25, -0.2) is 0 Å². The van der Waals surface area contributed by atoms with E-state index in [1.54, 1.807) is 0 Å². The summed E-state index contributed by atoms with van der Waals surface area (Å²) in [7, 11) is 2.01. The van der Waals surface area contributed by atoms with Gasteiger partial charge >= 0.3 is 0 Å². The molecule has 108 valence electrons. The van der Waals surface area contributed by atoms with Gasteiger partial charge in [-0.15, -0.1) is 0 Å². The number of likely N-dealkylation sites (N-methyl/N-ethyl adjacent to an activating group) is 1. The van der Waals surface area contributed by atoms with Crippen LogP contribution in [0.1, 0.15) is 45.7 Å². The average Bonchev–Trinajstić information content (AvgIpc) is 2.34.